The van der Waals surface area contributed by atoms with Gasteiger partial charge in [0.15, 0.2) is 0 Å². The van der Waals surface area contributed by atoms with E-state index in [2.05, 4.69) is 39.2 Å². The lowest BCUT2D eigenvalue weighted by Gasteiger charge is -2.51. The minimum absolute atomic E-state index is 0.00363. The van der Waals surface area contributed by atoms with E-state index in [-0.39, 0.29) is 28.3 Å². The molecule has 0 bridgehead atoms. The molecule has 1 N–H and O–H groups in total. The molecule has 2 aliphatic rings. The van der Waals surface area contributed by atoms with E-state index >= 15 is 0 Å². The molecule has 1 aliphatic heterocycles. The fourth-order valence-corrected chi connectivity index (χ4v) is 7.14. The first-order chi connectivity index (χ1) is 15.2. The molecule has 0 aromatic heterocycles. The van der Waals surface area contributed by atoms with Crippen LogP contribution in [0.5, 0.6) is 0 Å². The molecule has 1 aromatic rings. The van der Waals surface area contributed by atoms with Crippen LogP contribution in [0.4, 0.5) is 0 Å². The number of benzene rings is 1. The van der Waals surface area contributed by atoms with Gasteiger partial charge in [-0.05, 0) is 48.7 Å². The summed E-state index contributed by atoms with van der Waals surface area (Å²) in [4.78, 5) is 24.9. The van der Waals surface area contributed by atoms with Crippen LogP contribution in [0.25, 0.3) is 0 Å². The van der Waals surface area contributed by atoms with Gasteiger partial charge in [0, 0.05) is 26.4 Å². The number of rotatable bonds is 6. The standard InChI is InChI=1S/C24H36N2O5SSi/c1-18(28)25-22-15-20(31-33(5,6)23(2,3)4)14-19-12-13-26(16-24(19,22)17-27)32(29,30)21-10-8-7-9-11-21/h7-11,15,17,19,22H,12-14,16H2,1-6H3,(H,25,28)/t19-,22-,24+/m0/s1. The van der Waals surface area contributed by atoms with Gasteiger partial charge in [-0.3, -0.25) is 4.79 Å². The van der Waals surface area contributed by atoms with E-state index in [1.807, 2.05) is 6.08 Å². The quantitative estimate of drug-likeness (QED) is 0.483. The van der Waals surface area contributed by atoms with Gasteiger partial charge >= 0.3 is 0 Å². The minimum Gasteiger partial charge on any atom is -0.547 e. The highest BCUT2D eigenvalue weighted by atomic mass is 32.2. The summed E-state index contributed by atoms with van der Waals surface area (Å²) >= 11 is 0. The van der Waals surface area contributed by atoms with Crippen molar-refractivity contribution in [2.45, 2.75) is 69.6 Å². The van der Waals surface area contributed by atoms with Crippen LogP contribution in [0.2, 0.25) is 18.1 Å². The molecule has 1 heterocycles. The molecule has 0 saturated carbocycles. The highest BCUT2D eigenvalue weighted by Crippen LogP contribution is 2.48. The Balaban J connectivity index is 1.99. The third kappa shape index (κ3) is 4.95. The highest BCUT2D eigenvalue weighted by Gasteiger charge is 2.54. The molecule has 1 saturated heterocycles. The maximum absolute atomic E-state index is 13.3. The van der Waals surface area contributed by atoms with Crippen LogP contribution in [-0.2, 0) is 24.0 Å². The Bertz CT molecular complexity index is 1030. The molecule has 1 fully saturated rings. The van der Waals surface area contributed by atoms with Crippen molar-refractivity contribution in [1.29, 1.82) is 0 Å². The van der Waals surface area contributed by atoms with E-state index in [4.69, 9.17) is 4.43 Å². The van der Waals surface area contributed by atoms with E-state index in [1.165, 1.54) is 11.2 Å². The van der Waals surface area contributed by atoms with Crippen LogP contribution in [0, 0.1) is 11.3 Å². The van der Waals surface area contributed by atoms with Gasteiger partial charge < -0.3 is 14.5 Å². The third-order valence-corrected chi connectivity index (χ3v) is 13.7. The van der Waals surface area contributed by atoms with Gasteiger partial charge in [-0.25, -0.2) is 8.42 Å². The lowest BCUT2D eigenvalue weighted by atomic mass is 9.63. The molecule has 182 valence electrons. The van der Waals surface area contributed by atoms with Crippen LogP contribution in [0.15, 0.2) is 47.1 Å². The summed E-state index contributed by atoms with van der Waals surface area (Å²) in [5.41, 5.74) is -1.05. The Morgan fingerprint density at radius 2 is 1.88 bits per heavy atom. The molecule has 0 spiro atoms. The van der Waals surface area contributed by atoms with Crippen LogP contribution in [0.3, 0.4) is 0 Å². The van der Waals surface area contributed by atoms with E-state index in [0.29, 0.717) is 19.4 Å². The van der Waals surface area contributed by atoms with Crippen molar-refractivity contribution in [2.75, 3.05) is 13.1 Å². The molecule has 0 unspecified atom stereocenters. The van der Waals surface area contributed by atoms with Crippen LogP contribution in [-0.4, -0.2) is 52.4 Å². The largest absolute Gasteiger partial charge is 0.547 e. The molecule has 1 aliphatic carbocycles. The summed E-state index contributed by atoms with van der Waals surface area (Å²) < 4.78 is 34.5. The molecule has 7 nitrogen and oxygen atoms in total. The van der Waals surface area contributed by atoms with Crippen molar-refractivity contribution >= 4 is 30.5 Å². The second-order valence-corrected chi connectivity index (χ2v) is 17.4. The Hall–Kier alpha value is -1.97. The highest BCUT2D eigenvalue weighted by molar-refractivity contribution is 7.89. The summed E-state index contributed by atoms with van der Waals surface area (Å²) in [6.07, 6.45) is 3.76. The van der Waals surface area contributed by atoms with Gasteiger partial charge in [-0.2, -0.15) is 4.31 Å². The predicted molar refractivity (Wildman–Crippen MR) is 130 cm³/mol. The number of fused-ring (bicyclic) bond motifs is 1. The number of hydrogen-bond acceptors (Lipinski definition) is 5. The predicted octanol–water partition coefficient (Wildman–Crippen LogP) is 3.70. The Labute approximate surface area is 198 Å². The van der Waals surface area contributed by atoms with Gasteiger partial charge in [-0.1, -0.05) is 39.0 Å². The first kappa shape index (κ1) is 25.6. The Morgan fingerprint density at radius 1 is 1.24 bits per heavy atom. The number of amides is 1. The molecule has 3 atom stereocenters. The zero-order valence-electron chi connectivity index (χ0n) is 20.4. The van der Waals surface area contributed by atoms with Crippen LogP contribution in [0.1, 0.15) is 40.5 Å². The number of aldehydes is 1. The third-order valence-electron chi connectivity index (χ3n) is 7.47. The van der Waals surface area contributed by atoms with Gasteiger partial charge in [0.05, 0.1) is 22.1 Å². The van der Waals surface area contributed by atoms with Crippen molar-refractivity contribution in [3.05, 3.63) is 42.2 Å². The van der Waals surface area contributed by atoms with Crippen molar-refractivity contribution in [2.24, 2.45) is 11.3 Å². The average Bonchev–Trinajstić information content (AvgIpc) is 2.72. The fourth-order valence-electron chi connectivity index (χ4n) is 4.48. The molecule has 1 amide bonds. The molecular weight excluding hydrogens is 456 g/mol. The monoisotopic (exact) mass is 492 g/mol. The van der Waals surface area contributed by atoms with Gasteiger partial charge in [-0.15, -0.1) is 0 Å². The molecule has 9 heteroatoms. The maximum atomic E-state index is 13.3. The van der Waals surface area contributed by atoms with Crippen LogP contribution >= 0.6 is 0 Å². The molecular formula is C24H36N2O5SSi. The molecule has 0 radical (unpaired) electrons. The summed E-state index contributed by atoms with van der Waals surface area (Å²) in [5.74, 6) is 0.397. The van der Waals surface area contributed by atoms with Crippen molar-refractivity contribution in [1.82, 2.24) is 9.62 Å². The fraction of sp³-hybridized carbons (Fsp3) is 0.583. The summed E-state index contributed by atoms with van der Waals surface area (Å²) in [6, 6.07) is 7.62. The SMILES string of the molecule is CC(=O)N[C@H]1C=C(O[Si](C)(C)C(C)(C)C)C[C@@H]2CCN(S(=O)(=O)c3ccccc3)C[C@@]21C=O. The van der Waals surface area contributed by atoms with Crippen molar-refractivity contribution in [3.63, 3.8) is 0 Å². The van der Waals surface area contributed by atoms with Gasteiger partial charge in [0.1, 0.15) is 6.29 Å². The first-order valence-electron chi connectivity index (χ1n) is 11.4. The number of piperidine rings is 1. The molecule has 1 aromatic carbocycles. The average molecular weight is 493 g/mol. The van der Waals surface area contributed by atoms with E-state index in [0.717, 1.165) is 12.0 Å². The number of nitrogens with one attached hydrogen (secondary N) is 1. The van der Waals surface area contributed by atoms with E-state index in [9.17, 15) is 18.0 Å². The number of allylic oxidation sites excluding steroid dienone is 1. The summed E-state index contributed by atoms with van der Waals surface area (Å²) in [5, 5.41) is 2.91. The summed E-state index contributed by atoms with van der Waals surface area (Å²) in [6.45, 7) is 12.6. The smallest absolute Gasteiger partial charge is 0.250 e. The second kappa shape index (κ2) is 9.00. The maximum Gasteiger partial charge on any atom is 0.250 e. The number of nitrogens with zero attached hydrogens (tertiary/aromatic N) is 1. The molecule has 33 heavy (non-hydrogen) atoms. The zero-order chi connectivity index (χ0) is 24.7. The second-order valence-electron chi connectivity index (χ2n) is 10.7. The Morgan fingerprint density at radius 3 is 2.42 bits per heavy atom. The normalized spacial score (nSPS) is 26.7. The number of carbonyl (C=O) groups is 2. The lowest BCUT2D eigenvalue weighted by Crippen LogP contribution is -2.62. The van der Waals surface area contributed by atoms with Crippen molar-refractivity contribution < 1.29 is 22.4 Å². The zero-order valence-corrected chi connectivity index (χ0v) is 22.2. The number of hydrogen-bond donors (Lipinski definition) is 1. The van der Waals surface area contributed by atoms with Gasteiger partial charge in [0.25, 0.3) is 0 Å². The summed E-state index contributed by atoms with van der Waals surface area (Å²) in [7, 11) is -5.87. The van der Waals surface area contributed by atoms with Crippen molar-refractivity contribution in [3.8, 4) is 0 Å². The number of carbonyl (C=O) groups excluding carboxylic acids is 2. The topological polar surface area (TPSA) is 92.8 Å². The lowest BCUT2D eigenvalue weighted by molar-refractivity contribution is -0.127. The van der Waals surface area contributed by atoms with E-state index < -0.39 is 29.8 Å². The van der Waals surface area contributed by atoms with Gasteiger partial charge in [0.2, 0.25) is 24.2 Å². The molecule has 3 rings (SSSR count). The minimum atomic E-state index is -3.76. The first-order valence-corrected chi connectivity index (χ1v) is 15.8. The Kier molecular flexibility index (Phi) is 6.99. The number of sulfonamides is 1. The van der Waals surface area contributed by atoms with E-state index in [1.54, 1.807) is 30.3 Å². The van der Waals surface area contributed by atoms with Crippen LogP contribution < -0.4 is 5.32 Å².